The van der Waals surface area contributed by atoms with Crippen molar-refractivity contribution in [1.82, 2.24) is 24.2 Å². The Morgan fingerprint density at radius 2 is 1.81 bits per heavy atom. The fourth-order valence-corrected chi connectivity index (χ4v) is 5.92. The molecule has 0 spiro atoms. The largest absolute Gasteiger partial charge is 0.470 e. The molecule has 9 heteroatoms. The number of ether oxygens (including phenoxy) is 1. The first-order chi connectivity index (χ1) is 15.0. The highest BCUT2D eigenvalue weighted by atomic mass is 32.2. The molecule has 0 amide bonds. The van der Waals surface area contributed by atoms with Crippen LogP contribution in [0.3, 0.4) is 0 Å². The molecule has 0 radical (unpaired) electrons. The number of sulfonamides is 1. The first-order valence-corrected chi connectivity index (χ1v) is 11.6. The molecule has 1 fully saturated rings. The quantitative estimate of drug-likeness (QED) is 0.617. The van der Waals surface area contributed by atoms with Crippen molar-refractivity contribution in [3.05, 3.63) is 78.0 Å². The van der Waals surface area contributed by atoms with Crippen LogP contribution in [0.5, 0.6) is 5.88 Å². The van der Waals surface area contributed by atoms with Gasteiger partial charge in [0.05, 0.1) is 24.0 Å². The maximum Gasteiger partial charge on any atom is 0.249 e. The minimum atomic E-state index is -3.81. The van der Waals surface area contributed by atoms with E-state index < -0.39 is 10.0 Å². The van der Waals surface area contributed by atoms with E-state index in [-0.39, 0.29) is 29.5 Å². The molecule has 8 nitrogen and oxygen atoms in total. The van der Waals surface area contributed by atoms with Crippen LogP contribution in [0.15, 0.2) is 65.8 Å². The van der Waals surface area contributed by atoms with Crippen molar-refractivity contribution < 1.29 is 13.2 Å². The second-order valence-electron chi connectivity index (χ2n) is 7.87. The molecule has 2 aliphatic rings. The van der Waals surface area contributed by atoms with Gasteiger partial charge in [0.15, 0.2) is 0 Å². The second-order valence-corrected chi connectivity index (χ2v) is 9.73. The van der Waals surface area contributed by atoms with Gasteiger partial charge in [0, 0.05) is 37.7 Å². The average molecular weight is 438 g/mol. The number of hydrogen-bond donors (Lipinski definition) is 0. The second kappa shape index (κ2) is 7.99. The number of aromatic nitrogens is 3. The molecular formula is C22H23N5O3S. The van der Waals surface area contributed by atoms with E-state index in [9.17, 15) is 8.42 Å². The highest BCUT2D eigenvalue weighted by Gasteiger charge is 2.47. The Bertz CT molecular complexity index is 1190. The Hall–Kier alpha value is -2.88. The third-order valence-corrected chi connectivity index (χ3v) is 7.53. The molecule has 5 heterocycles. The standard InChI is InChI=1S/C22H23N5O3S/c1-16-6-4-8-18(25-16)12-26-14-19-20(15-26)30-22-21(9-5-11-24-22)31(28,29)27(19)13-17-7-2-3-10-23-17/h2-11,19-20H,12-15H2,1H3. The summed E-state index contributed by atoms with van der Waals surface area (Å²) in [5.74, 6) is 0.163. The van der Waals surface area contributed by atoms with Gasteiger partial charge in [-0.1, -0.05) is 12.1 Å². The van der Waals surface area contributed by atoms with Gasteiger partial charge in [-0.15, -0.1) is 0 Å². The summed E-state index contributed by atoms with van der Waals surface area (Å²) in [6.07, 6.45) is 2.90. The molecule has 3 aromatic heterocycles. The highest BCUT2D eigenvalue weighted by Crippen LogP contribution is 2.35. The zero-order valence-corrected chi connectivity index (χ0v) is 17.9. The van der Waals surface area contributed by atoms with Gasteiger partial charge in [-0.3, -0.25) is 14.9 Å². The molecule has 0 bridgehead atoms. The zero-order chi connectivity index (χ0) is 21.4. The molecule has 2 unspecified atom stereocenters. The zero-order valence-electron chi connectivity index (χ0n) is 17.1. The number of fused-ring (bicyclic) bond motifs is 2. The van der Waals surface area contributed by atoms with Gasteiger partial charge >= 0.3 is 0 Å². The lowest BCUT2D eigenvalue weighted by Crippen LogP contribution is -2.46. The summed E-state index contributed by atoms with van der Waals surface area (Å²) in [6.45, 7) is 3.90. The van der Waals surface area contributed by atoms with E-state index in [0.717, 1.165) is 11.4 Å². The lowest BCUT2D eigenvalue weighted by atomic mass is 10.2. The van der Waals surface area contributed by atoms with E-state index >= 15 is 0 Å². The summed E-state index contributed by atoms with van der Waals surface area (Å²) < 4.78 is 34.9. The molecule has 5 rings (SSSR count). The molecule has 0 N–H and O–H groups in total. The Balaban J connectivity index is 1.50. The van der Waals surface area contributed by atoms with Crippen molar-refractivity contribution in [3.63, 3.8) is 0 Å². The summed E-state index contributed by atoms with van der Waals surface area (Å²) in [6, 6.07) is 14.3. The van der Waals surface area contributed by atoms with Crippen molar-refractivity contribution in [2.75, 3.05) is 13.1 Å². The van der Waals surface area contributed by atoms with Crippen molar-refractivity contribution >= 4 is 10.0 Å². The third kappa shape index (κ3) is 3.91. The molecule has 0 aromatic carbocycles. The van der Waals surface area contributed by atoms with E-state index in [1.165, 1.54) is 4.31 Å². The monoisotopic (exact) mass is 437 g/mol. The first kappa shape index (κ1) is 20.0. The number of likely N-dealkylation sites (tertiary alicyclic amines) is 1. The number of aryl methyl sites for hydroxylation is 1. The Labute approximate surface area is 181 Å². The van der Waals surface area contributed by atoms with Crippen molar-refractivity contribution in [1.29, 1.82) is 0 Å². The fraction of sp³-hybridized carbons (Fsp3) is 0.318. The SMILES string of the molecule is Cc1cccc(CN2CC3Oc4ncccc4S(=O)(=O)N(Cc4ccccn4)C3C2)n1. The smallest absolute Gasteiger partial charge is 0.249 e. The van der Waals surface area contributed by atoms with Crippen LogP contribution in [0.25, 0.3) is 0 Å². The minimum absolute atomic E-state index is 0.104. The molecular weight excluding hydrogens is 414 g/mol. The van der Waals surface area contributed by atoms with E-state index in [0.29, 0.717) is 25.3 Å². The summed E-state index contributed by atoms with van der Waals surface area (Å²) in [4.78, 5) is 15.4. The summed E-state index contributed by atoms with van der Waals surface area (Å²) in [5, 5.41) is 0. The van der Waals surface area contributed by atoms with Crippen molar-refractivity contribution in [2.45, 2.75) is 37.1 Å². The van der Waals surface area contributed by atoms with Crippen molar-refractivity contribution in [2.24, 2.45) is 0 Å². The number of nitrogens with zero attached hydrogens (tertiary/aromatic N) is 5. The van der Waals surface area contributed by atoms with E-state index in [1.54, 1.807) is 24.5 Å². The van der Waals surface area contributed by atoms with Crippen LogP contribution in [0, 0.1) is 6.92 Å². The molecule has 31 heavy (non-hydrogen) atoms. The van der Waals surface area contributed by atoms with Crippen LogP contribution >= 0.6 is 0 Å². The molecule has 0 saturated carbocycles. The maximum atomic E-state index is 13.6. The van der Waals surface area contributed by atoms with Crippen LogP contribution < -0.4 is 4.74 Å². The Kier molecular flexibility index (Phi) is 5.17. The van der Waals surface area contributed by atoms with Gasteiger partial charge in [-0.2, -0.15) is 4.31 Å². The van der Waals surface area contributed by atoms with Gasteiger partial charge in [0.2, 0.25) is 15.9 Å². The van der Waals surface area contributed by atoms with Gasteiger partial charge in [-0.05, 0) is 43.3 Å². The van der Waals surface area contributed by atoms with E-state index in [4.69, 9.17) is 4.74 Å². The number of rotatable bonds is 4. The highest BCUT2D eigenvalue weighted by molar-refractivity contribution is 7.89. The topological polar surface area (TPSA) is 88.5 Å². The van der Waals surface area contributed by atoms with Gasteiger partial charge in [0.25, 0.3) is 0 Å². The lowest BCUT2D eigenvalue weighted by molar-refractivity contribution is 0.143. The summed E-state index contributed by atoms with van der Waals surface area (Å²) in [7, 11) is -3.81. The fourth-order valence-electron chi connectivity index (χ4n) is 4.23. The van der Waals surface area contributed by atoms with Crippen LogP contribution in [0.1, 0.15) is 17.1 Å². The molecule has 3 aromatic rings. The molecule has 1 saturated heterocycles. The van der Waals surface area contributed by atoms with Crippen molar-refractivity contribution in [3.8, 4) is 5.88 Å². The number of hydrogen-bond acceptors (Lipinski definition) is 7. The summed E-state index contributed by atoms with van der Waals surface area (Å²) >= 11 is 0. The lowest BCUT2D eigenvalue weighted by Gasteiger charge is -2.27. The molecule has 0 aliphatic carbocycles. The third-order valence-electron chi connectivity index (χ3n) is 5.64. The Morgan fingerprint density at radius 1 is 0.968 bits per heavy atom. The number of pyridine rings is 3. The van der Waals surface area contributed by atoms with Gasteiger partial charge < -0.3 is 4.74 Å². The predicted molar refractivity (Wildman–Crippen MR) is 114 cm³/mol. The molecule has 160 valence electrons. The van der Waals surface area contributed by atoms with Crippen LogP contribution in [-0.2, 0) is 23.1 Å². The summed E-state index contributed by atoms with van der Waals surface area (Å²) in [5.41, 5.74) is 2.60. The van der Waals surface area contributed by atoms with Crippen LogP contribution in [-0.4, -0.2) is 57.8 Å². The van der Waals surface area contributed by atoms with Crippen LogP contribution in [0.4, 0.5) is 0 Å². The predicted octanol–water partition coefficient (Wildman–Crippen LogP) is 2.02. The van der Waals surface area contributed by atoms with Gasteiger partial charge in [-0.25, -0.2) is 13.4 Å². The van der Waals surface area contributed by atoms with Gasteiger partial charge in [0.1, 0.15) is 11.0 Å². The normalized spacial score (nSPS) is 22.9. The van der Waals surface area contributed by atoms with E-state index in [1.807, 2.05) is 43.3 Å². The Morgan fingerprint density at radius 3 is 2.61 bits per heavy atom. The van der Waals surface area contributed by atoms with E-state index in [2.05, 4.69) is 19.9 Å². The average Bonchev–Trinajstić information content (AvgIpc) is 3.11. The van der Waals surface area contributed by atoms with Crippen LogP contribution in [0.2, 0.25) is 0 Å². The first-order valence-electron chi connectivity index (χ1n) is 10.2. The molecule has 2 atom stereocenters. The minimum Gasteiger partial charge on any atom is -0.470 e. The molecule has 2 aliphatic heterocycles. The maximum absolute atomic E-state index is 13.6.